The predicted octanol–water partition coefficient (Wildman–Crippen LogP) is 15.1. The first-order chi connectivity index (χ1) is 27.8. The van der Waals surface area contributed by atoms with Gasteiger partial charge in [0.25, 0.3) is 0 Å². The predicted molar refractivity (Wildman–Crippen MR) is 246 cm³/mol. The van der Waals surface area contributed by atoms with Crippen LogP contribution in [0.25, 0.3) is 0 Å². The van der Waals surface area contributed by atoms with Gasteiger partial charge in [-0.3, -0.25) is 9.59 Å². The maximum atomic E-state index is 13.5. The molecule has 340 valence electrons. The van der Waals surface area contributed by atoms with E-state index < -0.39 is 0 Å². The number of rotatable bonds is 45. The lowest BCUT2D eigenvalue weighted by Crippen LogP contribution is -2.33. The molecule has 57 heavy (non-hydrogen) atoms. The van der Waals surface area contributed by atoms with Crippen LogP contribution < -0.4 is 0 Å². The van der Waals surface area contributed by atoms with E-state index in [1.165, 1.54) is 103 Å². The first kappa shape index (κ1) is 55.9. The fourth-order valence-electron chi connectivity index (χ4n) is 8.55. The Bertz CT molecular complexity index is 882. The van der Waals surface area contributed by atoms with Gasteiger partial charge in [0.05, 0.1) is 24.0 Å². The third kappa shape index (κ3) is 30.5. The van der Waals surface area contributed by atoms with E-state index in [4.69, 9.17) is 9.47 Å². The van der Waals surface area contributed by atoms with Crippen LogP contribution in [-0.2, 0) is 19.1 Å². The van der Waals surface area contributed by atoms with Crippen LogP contribution in [0.3, 0.4) is 0 Å². The lowest BCUT2D eigenvalue weighted by molar-refractivity contribution is -0.158. The van der Waals surface area contributed by atoms with E-state index in [0.717, 1.165) is 142 Å². The van der Waals surface area contributed by atoms with E-state index in [2.05, 4.69) is 46.4 Å². The molecule has 0 rings (SSSR count). The highest BCUT2D eigenvalue weighted by Crippen LogP contribution is 2.37. The zero-order valence-electron chi connectivity index (χ0n) is 39.5. The molecule has 0 spiro atoms. The van der Waals surface area contributed by atoms with Gasteiger partial charge in [-0.2, -0.15) is 0 Å². The minimum atomic E-state index is -0.334. The van der Waals surface area contributed by atoms with Gasteiger partial charge in [-0.15, -0.1) is 0 Å². The van der Waals surface area contributed by atoms with Crippen molar-refractivity contribution in [2.45, 2.75) is 266 Å². The molecule has 0 aromatic rings. The second kappa shape index (κ2) is 40.3. The Morgan fingerprint density at radius 3 is 1.18 bits per heavy atom. The minimum Gasteiger partial charge on any atom is -0.465 e. The van der Waals surface area contributed by atoms with Crippen molar-refractivity contribution in [3.63, 3.8) is 0 Å². The molecule has 1 N–H and O–H groups in total. The third-order valence-corrected chi connectivity index (χ3v) is 12.9. The summed E-state index contributed by atoms with van der Waals surface area (Å²) in [5, 5.41) is 9.37. The number of hydrogen-bond donors (Lipinski definition) is 1. The SMILES string of the molecule is CCCCCCCCC(C)(CCCCCC)C(=O)OCCCCCCN(CCCCO)CCCCCCOC(=O)C(CC)(CCCCCC)CCCCCCCC. The highest BCUT2D eigenvalue weighted by Gasteiger charge is 2.37. The van der Waals surface area contributed by atoms with Gasteiger partial charge in [-0.05, 0) is 97.2 Å². The highest BCUT2D eigenvalue weighted by molar-refractivity contribution is 5.77. The molecule has 2 unspecified atom stereocenters. The molecule has 0 fully saturated rings. The van der Waals surface area contributed by atoms with Gasteiger partial charge in [-0.25, -0.2) is 0 Å². The smallest absolute Gasteiger partial charge is 0.312 e. The number of aliphatic hydroxyl groups excluding tert-OH is 1. The van der Waals surface area contributed by atoms with Crippen LogP contribution in [0.2, 0.25) is 0 Å². The summed E-state index contributed by atoms with van der Waals surface area (Å²) in [5.41, 5.74) is -0.626. The van der Waals surface area contributed by atoms with Crippen molar-refractivity contribution in [2.75, 3.05) is 39.5 Å². The molecule has 6 nitrogen and oxygen atoms in total. The average molecular weight is 808 g/mol. The van der Waals surface area contributed by atoms with Crippen LogP contribution in [0.4, 0.5) is 0 Å². The maximum Gasteiger partial charge on any atom is 0.312 e. The Balaban J connectivity index is 4.60. The van der Waals surface area contributed by atoms with E-state index in [1.807, 2.05) is 0 Å². The summed E-state index contributed by atoms with van der Waals surface area (Å²) < 4.78 is 12.0. The number of aliphatic hydroxyl groups is 1. The number of unbranched alkanes of at least 4 members (excludes halogenated alkanes) is 23. The molecule has 0 aliphatic carbocycles. The van der Waals surface area contributed by atoms with Crippen molar-refractivity contribution in [3.05, 3.63) is 0 Å². The Morgan fingerprint density at radius 2 is 0.754 bits per heavy atom. The van der Waals surface area contributed by atoms with Crippen molar-refractivity contribution in [2.24, 2.45) is 10.8 Å². The lowest BCUT2D eigenvalue weighted by atomic mass is 9.75. The zero-order valence-corrected chi connectivity index (χ0v) is 39.5. The van der Waals surface area contributed by atoms with Crippen LogP contribution in [0.1, 0.15) is 266 Å². The Hall–Kier alpha value is -1.14. The molecule has 0 bridgehead atoms. The zero-order chi connectivity index (χ0) is 42.1. The lowest BCUT2D eigenvalue weighted by Gasteiger charge is -2.31. The van der Waals surface area contributed by atoms with E-state index in [9.17, 15) is 14.7 Å². The van der Waals surface area contributed by atoms with E-state index in [0.29, 0.717) is 13.2 Å². The number of esters is 2. The summed E-state index contributed by atoms with van der Waals surface area (Å²) in [4.78, 5) is 29.4. The van der Waals surface area contributed by atoms with E-state index >= 15 is 0 Å². The standard InChI is InChI=1S/C51H101NO5/c1-7-12-16-20-22-29-39-50(6,38-28-18-14-9-3)48(54)56-46-36-26-24-32-42-52(44-34-35-45-53)43-33-25-27-37-47-57-49(55)51(11-5,40-30-19-15-10-4)41-31-23-21-17-13-8-2/h53H,7-47H2,1-6H3. The molecule has 0 amide bonds. The maximum absolute atomic E-state index is 13.5. The summed E-state index contributed by atoms with van der Waals surface area (Å²) in [6.45, 7) is 18.0. The van der Waals surface area contributed by atoms with Crippen molar-refractivity contribution < 1.29 is 24.2 Å². The first-order valence-electron chi connectivity index (χ1n) is 25.5. The number of hydrogen-bond acceptors (Lipinski definition) is 6. The molecule has 0 aliphatic heterocycles. The van der Waals surface area contributed by atoms with Crippen LogP contribution in [0, 0.1) is 10.8 Å². The Kier molecular flexibility index (Phi) is 39.5. The monoisotopic (exact) mass is 808 g/mol. The highest BCUT2D eigenvalue weighted by atomic mass is 16.5. The van der Waals surface area contributed by atoms with Crippen LogP contribution in [0.5, 0.6) is 0 Å². The summed E-state index contributed by atoms with van der Waals surface area (Å²) in [5.74, 6) is 0.110. The van der Waals surface area contributed by atoms with Gasteiger partial charge in [-0.1, -0.05) is 189 Å². The molecule has 0 saturated heterocycles. The normalized spacial score (nSPS) is 13.8. The van der Waals surface area contributed by atoms with Gasteiger partial charge in [0.15, 0.2) is 0 Å². The van der Waals surface area contributed by atoms with Crippen LogP contribution in [-0.4, -0.2) is 61.4 Å². The van der Waals surface area contributed by atoms with E-state index in [-0.39, 0.29) is 29.4 Å². The molecule has 0 saturated carbocycles. The summed E-state index contributed by atoms with van der Waals surface area (Å²) in [6.07, 6.45) is 40.1. The third-order valence-electron chi connectivity index (χ3n) is 12.9. The molecule has 0 aromatic heterocycles. The number of nitrogens with zero attached hydrogens (tertiary/aromatic N) is 1. The van der Waals surface area contributed by atoms with Gasteiger partial charge in [0.2, 0.25) is 0 Å². The van der Waals surface area contributed by atoms with Crippen LogP contribution in [0.15, 0.2) is 0 Å². The fraction of sp³-hybridized carbons (Fsp3) is 0.961. The molecule has 0 aromatic carbocycles. The van der Waals surface area contributed by atoms with Gasteiger partial charge in [0.1, 0.15) is 0 Å². The number of carbonyl (C=O) groups excluding carboxylic acids is 2. The summed E-state index contributed by atoms with van der Waals surface area (Å²) >= 11 is 0. The van der Waals surface area contributed by atoms with Gasteiger partial charge >= 0.3 is 11.9 Å². The van der Waals surface area contributed by atoms with Crippen molar-refractivity contribution in [1.82, 2.24) is 4.90 Å². The fourth-order valence-corrected chi connectivity index (χ4v) is 8.55. The molecule has 2 atom stereocenters. The number of carbonyl (C=O) groups is 2. The second-order valence-electron chi connectivity index (χ2n) is 18.2. The number of ether oxygens (including phenoxy) is 2. The quantitative estimate of drug-likeness (QED) is 0.0488. The Labute approximate surface area is 356 Å². The molecular weight excluding hydrogens is 707 g/mol. The average Bonchev–Trinajstić information content (AvgIpc) is 3.21. The molecule has 0 heterocycles. The molecule has 0 radical (unpaired) electrons. The summed E-state index contributed by atoms with van der Waals surface area (Å²) in [7, 11) is 0. The topological polar surface area (TPSA) is 76.1 Å². The Morgan fingerprint density at radius 1 is 0.421 bits per heavy atom. The minimum absolute atomic E-state index is 0.0381. The van der Waals surface area contributed by atoms with Gasteiger partial charge < -0.3 is 19.5 Å². The van der Waals surface area contributed by atoms with E-state index in [1.54, 1.807) is 0 Å². The van der Waals surface area contributed by atoms with Crippen molar-refractivity contribution in [3.8, 4) is 0 Å². The second-order valence-corrected chi connectivity index (χ2v) is 18.2. The molecule has 6 heteroatoms. The largest absolute Gasteiger partial charge is 0.465 e. The molecule has 0 aliphatic rings. The first-order valence-corrected chi connectivity index (χ1v) is 25.5. The summed E-state index contributed by atoms with van der Waals surface area (Å²) in [6, 6.07) is 0. The van der Waals surface area contributed by atoms with Gasteiger partial charge in [0, 0.05) is 6.61 Å². The van der Waals surface area contributed by atoms with Crippen molar-refractivity contribution in [1.29, 1.82) is 0 Å². The molecular formula is C51H101NO5. The van der Waals surface area contributed by atoms with Crippen LogP contribution >= 0.6 is 0 Å². The van der Waals surface area contributed by atoms with Crippen molar-refractivity contribution >= 4 is 11.9 Å².